The molecule has 31 heavy (non-hydrogen) atoms. The number of ether oxygens (including phenoxy) is 3. The molecule has 2 aliphatic heterocycles. The number of benzene rings is 1. The standard InChI is InChI=1S/C22H31N3O6/c1-29-18-7-6-17(19(12-18)30-2)13-23-20(26)8-5-16-4-3-9-24(14-16)21(27)15-25-10-11-31-22(25)28/h6-7,12,16H,3-5,8-11,13-15H2,1-2H3,(H,23,26)/t16-/m1/s1. The van der Waals surface area contributed by atoms with Gasteiger partial charge < -0.3 is 24.4 Å². The summed E-state index contributed by atoms with van der Waals surface area (Å²) >= 11 is 0. The highest BCUT2D eigenvalue weighted by atomic mass is 16.6. The Morgan fingerprint density at radius 1 is 1.23 bits per heavy atom. The Hall–Kier alpha value is -2.97. The van der Waals surface area contributed by atoms with Gasteiger partial charge in [0.1, 0.15) is 24.7 Å². The lowest BCUT2D eigenvalue weighted by Gasteiger charge is -2.33. The van der Waals surface area contributed by atoms with Gasteiger partial charge in [0.2, 0.25) is 11.8 Å². The first kappa shape index (κ1) is 22.7. The van der Waals surface area contributed by atoms with Crippen molar-refractivity contribution in [2.75, 3.05) is 47.0 Å². The fraction of sp³-hybridized carbons (Fsp3) is 0.591. The van der Waals surface area contributed by atoms with Crippen LogP contribution in [-0.2, 0) is 20.9 Å². The fourth-order valence-electron chi connectivity index (χ4n) is 3.98. The molecule has 0 aromatic heterocycles. The van der Waals surface area contributed by atoms with E-state index in [1.54, 1.807) is 25.2 Å². The second-order valence-corrected chi connectivity index (χ2v) is 7.88. The van der Waals surface area contributed by atoms with Crippen molar-refractivity contribution in [3.05, 3.63) is 23.8 Å². The summed E-state index contributed by atoms with van der Waals surface area (Å²) in [5, 5.41) is 2.94. The van der Waals surface area contributed by atoms with Crippen LogP contribution in [0.15, 0.2) is 18.2 Å². The number of cyclic esters (lactones) is 1. The summed E-state index contributed by atoms with van der Waals surface area (Å²) in [4.78, 5) is 39.7. The highest BCUT2D eigenvalue weighted by Gasteiger charge is 2.29. The van der Waals surface area contributed by atoms with Gasteiger partial charge in [-0.05, 0) is 37.3 Å². The SMILES string of the molecule is COc1ccc(CNC(=O)CC[C@H]2CCCN(C(=O)CN3CCOC3=O)C2)c(OC)c1. The number of likely N-dealkylation sites (tertiary alicyclic amines) is 1. The van der Waals surface area contributed by atoms with E-state index in [2.05, 4.69) is 5.32 Å². The van der Waals surface area contributed by atoms with Crippen molar-refractivity contribution in [3.63, 3.8) is 0 Å². The number of methoxy groups -OCH3 is 2. The third kappa shape index (κ3) is 6.26. The largest absolute Gasteiger partial charge is 0.497 e. The summed E-state index contributed by atoms with van der Waals surface area (Å²) in [5.41, 5.74) is 0.881. The van der Waals surface area contributed by atoms with Crippen molar-refractivity contribution >= 4 is 17.9 Å². The first-order chi connectivity index (χ1) is 15.0. The number of carbonyl (C=O) groups is 3. The van der Waals surface area contributed by atoms with Crippen LogP contribution in [-0.4, -0.2) is 74.7 Å². The van der Waals surface area contributed by atoms with E-state index in [0.717, 1.165) is 24.8 Å². The van der Waals surface area contributed by atoms with Crippen LogP contribution < -0.4 is 14.8 Å². The van der Waals surface area contributed by atoms with Crippen LogP contribution in [0.2, 0.25) is 0 Å². The number of carbonyl (C=O) groups excluding carboxylic acids is 3. The monoisotopic (exact) mass is 433 g/mol. The molecule has 0 radical (unpaired) electrons. The maximum absolute atomic E-state index is 12.5. The third-order valence-electron chi connectivity index (χ3n) is 5.79. The molecule has 1 N–H and O–H groups in total. The molecule has 2 saturated heterocycles. The minimum absolute atomic E-state index is 0.0267. The summed E-state index contributed by atoms with van der Waals surface area (Å²) < 4.78 is 15.4. The summed E-state index contributed by atoms with van der Waals surface area (Å²) in [6.07, 6.45) is 2.61. The number of nitrogens with one attached hydrogen (secondary N) is 1. The van der Waals surface area contributed by atoms with E-state index in [0.29, 0.717) is 50.7 Å². The molecule has 9 nitrogen and oxygen atoms in total. The van der Waals surface area contributed by atoms with Crippen molar-refractivity contribution < 1.29 is 28.6 Å². The molecule has 0 unspecified atom stereocenters. The molecule has 2 heterocycles. The molecular formula is C22H31N3O6. The van der Waals surface area contributed by atoms with Gasteiger partial charge >= 0.3 is 6.09 Å². The highest BCUT2D eigenvalue weighted by molar-refractivity contribution is 5.83. The van der Waals surface area contributed by atoms with Crippen LogP contribution in [0.3, 0.4) is 0 Å². The number of amides is 3. The van der Waals surface area contributed by atoms with Crippen molar-refractivity contribution in [2.24, 2.45) is 5.92 Å². The zero-order valence-corrected chi connectivity index (χ0v) is 18.2. The van der Waals surface area contributed by atoms with E-state index in [1.165, 1.54) is 4.90 Å². The van der Waals surface area contributed by atoms with Gasteiger partial charge in [-0.3, -0.25) is 14.5 Å². The van der Waals surface area contributed by atoms with Crippen molar-refractivity contribution in [1.29, 1.82) is 0 Å². The molecule has 0 saturated carbocycles. The fourth-order valence-corrected chi connectivity index (χ4v) is 3.98. The van der Waals surface area contributed by atoms with Gasteiger partial charge in [0.05, 0.1) is 20.8 Å². The van der Waals surface area contributed by atoms with E-state index >= 15 is 0 Å². The van der Waals surface area contributed by atoms with Gasteiger partial charge in [-0.1, -0.05) is 0 Å². The normalized spacial score (nSPS) is 18.5. The molecule has 1 aromatic rings. The molecule has 9 heteroatoms. The van der Waals surface area contributed by atoms with E-state index in [9.17, 15) is 14.4 Å². The summed E-state index contributed by atoms with van der Waals surface area (Å²) in [6, 6.07) is 5.50. The van der Waals surface area contributed by atoms with Gasteiger partial charge in [-0.15, -0.1) is 0 Å². The minimum atomic E-state index is -0.424. The minimum Gasteiger partial charge on any atom is -0.497 e. The predicted molar refractivity (Wildman–Crippen MR) is 113 cm³/mol. The molecule has 1 aromatic carbocycles. The number of nitrogens with zero attached hydrogens (tertiary/aromatic N) is 2. The molecular weight excluding hydrogens is 402 g/mol. The number of piperidine rings is 1. The second kappa shape index (κ2) is 10.9. The molecule has 0 aliphatic carbocycles. The zero-order valence-electron chi connectivity index (χ0n) is 18.2. The number of rotatable bonds is 9. The zero-order chi connectivity index (χ0) is 22.2. The van der Waals surface area contributed by atoms with Crippen LogP contribution in [0.1, 0.15) is 31.2 Å². The van der Waals surface area contributed by atoms with E-state index in [1.807, 2.05) is 12.1 Å². The van der Waals surface area contributed by atoms with Gasteiger partial charge in [0.15, 0.2) is 0 Å². The van der Waals surface area contributed by atoms with Crippen LogP contribution in [0, 0.1) is 5.92 Å². The lowest BCUT2D eigenvalue weighted by atomic mass is 9.93. The summed E-state index contributed by atoms with van der Waals surface area (Å²) in [6.45, 7) is 2.57. The Morgan fingerprint density at radius 2 is 2.06 bits per heavy atom. The van der Waals surface area contributed by atoms with E-state index < -0.39 is 6.09 Å². The summed E-state index contributed by atoms with van der Waals surface area (Å²) in [5.74, 6) is 1.57. The Labute approximate surface area is 182 Å². The van der Waals surface area contributed by atoms with Crippen LogP contribution >= 0.6 is 0 Å². The Kier molecular flexibility index (Phi) is 7.97. The van der Waals surface area contributed by atoms with Gasteiger partial charge in [-0.25, -0.2) is 4.79 Å². The van der Waals surface area contributed by atoms with Crippen LogP contribution in [0.5, 0.6) is 11.5 Å². The molecule has 2 aliphatic rings. The van der Waals surface area contributed by atoms with Crippen molar-refractivity contribution in [3.8, 4) is 11.5 Å². The van der Waals surface area contributed by atoms with Gasteiger partial charge in [0, 0.05) is 37.7 Å². The quantitative estimate of drug-likeness (QED) is 0.638. The lowest BCUT2D eigenvalue weighted by Crippen LogP contribution is -2.45. The van der Waals surface area contributed by atoms with Crippen molar-refractivity contribution in [2.45, 2.75) is 32.2 Å². The highest BCUT2D eigenvalue weighted by Crippen LogP contribution is 2.25. The first-order valence-corrected chi connectivity index (χ1v) is 10.7. The Bertz CT molecular complexity index is 799. The first-order valence-electron chi connectivity index (χ1n) is 10.7. The van der Waals surface area contributed by atoms with Crippen molar-refractivity contribution in [1.82, 2.24) is 15.1 Å². The lowest BCUT2D eigenvalue weighted by molar-refractivity contribution is -0.133. The molecule has 3 amide bonds. The van der Waals surface area contributed by atoms with Crippen LogP contribution in [0.25, 0.3) is 0 Å². The molecule has 170 valence electrons. The molecule has 2 fully saturated rings. The maximum atomic E-state index is 12.5. The smallest absolute Gasteiger partial charge is 0.410 e. The molecule has 0 bridgehead atoms. The number of hydrogen-bond donors (Lipinski definition) is 1. The van der Waals surface area contributed by atoms with E-state index in [4.69, 9.17) is 14.2 Å². The number of hydrogen-bond acceptors (Lipinski definition) is 6. The Morgan fingerprint density at radius 3 is 2.77 bits per heavy atom. The topological polar surface area (TPSA) is 97.4 Å². The molecule has 1 atom stereocenters. The average Bonchev–Trinajstić information content (AvgIpc) is 3.20. The van der Waals surface area contributed by atoms with Gasteiger partial charge in [-0.2, -0.15) is 0 Å². The molecule has 0 spiro atoms. The average molecular weight is 434 g/mol. The van der Waals surface area contributed by atoms with Gasteiger partial charge in [0.25, 0.3) is 0 Å². The second-order valence-electron chi connectivity index (χ2n) is 7.88. The van der Waals surface area contributed by atoms with Crippen LogP contribution in [0.4, 0.5) is 4.79 Å². The molecule has 3 rings (SSSR count). The van der Waals surface area contributed by atoms with E-state index in [-0.39, 0.29) is 24.3 Å². The summed E-state index contributed by atoms with van der Waals surface area (Å²) in [7, 11) is 3.18. The maximum Gasteiger partial charge on any atom is 0.410 e. The third-order valence-corrected chi connectivity index (χ3v) is 5.79. The predicted octanol–water partition coefficient (Wildman–Crippen LogP) is 1.79. The Balaban J connectivity index is 1.41.